The Morgan fingerprint density at radius 1 is 1.21 bits per heavy atom. The fourth-order valence-electron chi connectivity index (χ4n) is 3.17. The van der Waals surface area contributed by atoms with Crippen LogP contribution in [0.25, 0.3) is 0 Å². The van der Waals surface area contributed by atoms with Crippen molar-refractivity contribution in [2.75, 3.05) is 24.5 Å². The Kier molecular flexibility index (Phi) is 2.97. The van der Waals surface area contributed by atoms with Crippen LogP contribution in [0.4, 0.5) is 10.5 Å². The second-order valence-electron chi connectivity index (χ2n) is 5.63. The van der Waals surface area contributed by atoms with Gasteiger partial charge in [-0.1, -0.05) is 18.2 Å². The zero-order valence-corrected chi connectivity index (χ0v) is 11.5. The van der Waals surface area contributed by atoms with Gasteiger partial charge in [-0.25, -0.2) is 4.79 Å². The van der Waals surface area contributed by atoms with Gasteiger partial charge in [0.2, 0.25) is 0 Å². The van der Waals surface area contributed by atoms with E-state index in [1.165, 1.54) is 0 Å². The monoisotopic (exact) mass is 260 g/mol. The number of carbonyl (C=O) groups excluding carboxylic acids is 1. The molecule has 19 heavy (non-hydrogen) atoms. The summed E-state index contributed by atoms with van der Waals surface area (Å²) in [5.41, 5.74) is 2.99. The Hall–Kier alpha value is -1.55. The number of amides is 1. The Morgan fingerprint density at radius 2 is 1.84 bits per heavy atom. The van der Waals surface area contributed by atoms with Gasteiger partial charge < -0.3 is 10.1 Å². The average Bonchev–Trinajstić information content (AvgIpc) is 2.67. The van der Waals surface area contributed by atoms with Crippen LogP contribution in [0.5, 0.6) is 0 Å². The van der Waals surface area contributed by atoms with Crippen LogP contribution in [-0.2, 0) is 4.74 Å². The largest absolute Gasteiger partial charge is 0.441 e. The number of benzene rings is 1. The number of carbonyl (C=O) groups is 1. The number of hydrogen-bond acceptors (Lipinski definition) is 3. The van der Waals surface area contributed by atoms with E-state index in [4.69, 9.17) is 4.74 Å². The van der Waals surface area contributed by atoms with Gasteiger partial charge in [0, 0.05) is 12.8 Å². The maximum atomic E-state index is 12.2. The predicted octanol–water partition coefficient (Wildman–Crippen LogP) is 2.38. The lowest BCUT2D eigenvalue weighted by Crippen LogP contribution is -2.45. The number of piperidine rings is 1. The van der Waals surface area contributed by atoms with Gasteiger partial charge in [-0.15, -0.1) is 0 Å². The molecule has 1 amide bonds. The Bertz CT molecular complexity index is 487. The summed E-state index contributed by atoms with van der Waals surface area (Å²) >= 11 is 0. The van der Waals surface area contributed by atoms with E-state index in [0.29, 0.717) is 6.54 Å². The summed E-state index contributed by atoms with van der Waals surface area (Å²) in [5, 5.41) is 3.32. The van der Waals surface area contributed by atoms with E-state index in [2.05, 4.69) is 5.32 Å². The molecule has 1 aromatic carbocycles. The molecule has 102 valence electrons. The molecule has 0 aliphatic carbocycles. The molecule has 4 heteroatoms. The van der Waals surface area contributed by atoms with E-state index in [1.54, 1.807) is 0 Å². The number of rotatable bonds is 1. The summed E-state index contributed by atoms with van der Waals surface area (Å²) in [6.45, 7) is 6.62. The van der Waals surface area contributed by atoms with Crippen molar-refractivity contribution in [3.05, 3.63) is 29.3 Å². The summed E-state index contributed by atoms with van der Waals surface area (Å²) < 4.78 is 5.71. The maximum Gasteiger partial charge on any atom is 0.415 e. The standard InChI is InChI=1S/C15H20N2O2/c1-11-4-3-5-12(2)13(11)17-10-15(19-14(17)18)6-8-16-9-7-15/h3-5,16H,6-10H2,1-2H3. The van der Waals surface area contributed by atoms with Crippen LogP contribution in [-0.4, -0.2) is 31.3 Å². The zero-order chi connectivity index (χ0) is 13.5. The second-order valence-corrected chi connectivity index (χ2v) is 5.63. The lowest BCUT2D eigenvalue weighted by Gasteiger charge is -2.31. The molecule has 0 unspecified atom stereocenters. The summed E-state index contributed by atoms with van der Waals surface area (Å²) in [4.78, 5) is 14.1. The minimum absolute atomic E-state index is 0.195. The molecule has 0 aromatic heterocycles. The third-order valence-corrected chi connectivity index (χ3v) is 4.19. The first kappa shape index (κ1) is 12.5. The molecule has 2 heterocycles. The van der Waals surface area contributed by atoms with E-state index in [1.807, 2.05) is 36.9 Å². The van der Waals surface area contributed by atoms with Gasteiger partial charge in [-0.3, -0.25) is 4.90 Å². The minimum atomic E-state index is -0.281. The number of nitrogens with one attached hydrogen (secondary N) is 1. The van der Waals surface area contributed by atoms with Crippen molar-refractivity contribution in [1.82, 2.24) is 5.32 Å². The third-order valence-electron chi connectivity index (χ3n) is 4.19. The quantitative estimate of drug-likeness (QED) is 0.843. The Balaban J connectivity index is 1.92. The highest BCUT2D eigenvalue weighted by Gasteiger charge is 2.46. The minimum Gasteiger partial charge on any atom is -0.441 e. The second kappa shape index (κ2) is 4.53. The van der Waals surface area contributed by atoms with Crippen molar-refractivity contribution >= 4 is 11.8 Å². The van der Waals surface area contributed by atoms with Gasteiger partial charge in [0.25, 0.3) is 0 Å². The molecule has 2 saturated heterocycles. The van der Waals surface area contributed by atoms with Crippen molar-refractivity contribution in [2.24, 2.45) is 0 Å². The molecular weight excluding hydrogens is 240 g/mol. The fourth-order valence-corrected chi connectivity index (χ4v) is 3.17. The smallest absolute Gasteiger partial charge is 0.415 e. The first-order valence-corrected chi connectivity index (χ1v) is 6.89. The van der Waals surface area contributed by atoms with Crippen molar-refractivity contribution in [1.29, 1.82) is 0 Å². The van der Waals surface area contributed by atoms with Crippen LogP contribution in [0.15, 0.2) is 18.2 Å². The zero-order valence-electron chi connectivity index (χ0n) is 11.5. The molecule has 0 atom stereocenters. The number of hydrogen-bond donors (Lipinski definition) is 1. The molecule has 1 N–H and O–H groups in total. The van der Waals surface area contributed by atoms with Gasteiger partial charge in [-0.2, -0.15) is 0 Å². The Labute approximate surface area is 113 Å². The fraction of sp³-hybridized carbons (Fsp3) is 0.533. The van der Waals surface area contributed by atoms with Gasteiger partial charge in [0.15, 0.2) is 0 Å². The SMILES string of the molecule is Cc1cccc(C)c1N1CC2(CCNCC2)OC1=O. The van der Waals surface area contributed by atoms with E-state index in [0.717, 1.165) is 42.7 Å². The lowest BCUT2D eigenvalue weighted by molar-refractivity contribution is 0.0316. The molecule has 1 aromatic rings. The highest BCUT2D eigenvalue weighted by molar-refractivity contribution is 5.92. The van der Waals surface area contributed by atoms with E-state index >= 15 is 0 Å². The Morgan fingerprint density at radius 3 is 2.47 bits per heavy atom. The molecule has 1 spiro atoms. The summed E-state index contributed by atoms with van der Waals surface area (Å²) in [5.74, 6) is 0. The van der Waals surface area contributed by atoms with Crippen molar-refractivity contribution < 1.29 is 9.53 Å². The van der Waals surface area contributed by atoms with Crippen LogP contribution >= 0.6 is 0 Å². The molecule has 2 aliphatic rings. The first-order chi connectivity index (χ1) is 9.11. The van der Waals surface area contributed by atoms with Gasteiger partial charge in [0.05, 0.1) is 12.2 Å². The van der Waals surface area contributed by atoms with Crippen LogP contribution < -0.4 is 10.2 Å². The molecule has 0 radical (unpaired) electrons. The number of nitrogens with zero attached hydrogens (tertiary/aromatic N) is 1. The van der Waals surface area contributed by atoms with Crippen LogP contribution in [0.2, 0.25) is 0 Å². The van der Waals surface area contributed by atoms with E-state index in [9.17, 15) is 4.79 Å². The van der Waals surface area contributed by atoms with Gasteiger partial charge in [-0.05, 0) is 38.1 Å². The molecule has 2 aliphatic heterocycles. The number of anilines is 1. The highest BCUT2D eigenvalue weighted by Crippen LogP contribution is 2.36. The normalized spacial score (nSPS) is 21.8. The molecular formula is C15H20N2O2. The molecule has 3 rings (SSSR count). The molecule has 4 nitrogen and oxygen atoms in total. The van der Waals surface area contributed by atoms with Crippen molar-refractivity contribution in [2.45, 2.75) is 32.3 Å². The van der Waals surface area contributed by atoms with Gasteiger partial charge >= 0.3 is 6.09 Å². The predicted molar refractivity (Wildman–Crippen MR) is 74.6 cm³/mol. The molecule has 0 bridgehead atoms. The van der Waals surface area contributed by atoms with Crippen LogP contribution in [0.1, 0.15) is 24.0 Å². The highest BCUT2D eigenvalue weighted by atomic mass is 16.6. The number of para-hydroxylation sites is 1. The van der Waals surface area contributed by atoms with E-state index < -0.39 is 0 Å². The summed E-state index contributed by atoms with van der Waals surface area (Å²) in [7, 11) is 0. The number of ether oxygens (including phenoxy) is 1. The van der Waals surface area contributed by atoms with Crippen LogP contribution in [0, 0.1) is 13.8 Å². The summed E-state index contributed by atoms with van der Waals surface area (Å²) in [6, 6.07) is 6.11. The lowest BCUT2D eigenvalue weighted by atomic mass is 9.92. The first-order valence-electron chi connectivity index (χ1n) is 6.89. The average molecular weight is 260 g/mol. The number of aryl methyl sites for hydroxylation is 2. The maximum absolute atomic E-state index is 12.2. The molecule has 2 fully saturated rings. The van der Waals surface area contributed by atoms with E-state index in [-0.39, 0.29) is 11.7 Å². The topological polar surface area (TPSA) is 41.6 Å². The van der Waals surface area contributed by atoms with Crippen molar-refractivity contribution in [3.63, 3.8) is 0 Å². The van der Waals surface area contributed by atoms with Crippen LogP contribution in [0.3, 0.4) is 0 Å². The third kappa shape index (κ3) is 2.10. The molecule has 0 saturated carbocycles. The summed E-state index contributed by atoms with van der Waals surface area (Å²) in [6.07, 6.45) is 1.61. The van der Waals surface area contributed by atoms with Gasteiger partial charge in [0.1, 0.15) is 5.60 Å². The van der Waals surface area contributed by atoms with Crippen molar-refractivity contribution in [3.8, 4) is 0 Å².